The van der Waals surface area contributed by atoms with Crippen LogP contribution in [0.25, 0.3) is 0 Å². The molecule has 0 radical (unpaired) electrons. The SMILES string of the molecule is Cc1cc([NH+](C)C)cc(C)c1N1CC(C)(c2ccccc2)CC1(C)C. The summed E-state index contributed by atoms with van der Waals surface area (Å²) in [6.07, 6.45) is 1.17. The van der Waals surface area contributed by atoms with Crippen molar-refractivity contribution in [3.63, 3.8) is 0 Å². The van der Waals surface area contributed by atoms with Gasteiger partial charge in [-0.25, -0.2) is 0 Å². The molecule has 2 heteroatoms. The van der Waals surface area contributed by atoms with Crippen LogP contribution in [0.15, 0.2) is 42.5 Å². The summed E-state index contributed by atoms with van der Waals surface area (Å²) in [7, 11) is 4.39. The predicted molar refractivity (Wildman–Crippen MR) is 108 cm³/mol. The molecule has 1 saturated heterocycles. The Hall–Kier alpha value is -1.80. The lowest BCUT2D eigenvalue weighted by Gasteiger charge is -2.36. The molecule has 0 bridgehead atoms. The lowest BCUT2D eigenvalue weighted by molar-refractivity contribution is -0.786. The molecule has 0 aromatic heterocycles. The number of anilines is 1. The van der Waals surface area contributed by atoms with Gasteiger partial charge >= 0.3 is 0 Å². The second kappa shape index (κ2) is 6.17. The topological polar surface area (TPSA) is 7.68 Å². The van der Waals surface area contributed by atoms with Gasteiger partial charge in [0.1, 0.15) is 5.69 Å². The average molecular weight is 338 g/mol. The van der Waals surface area contributed by atoms with Crippen LogP contribution < -0.4 is 9.80 Å². The summed E-state index contributed by atoms with van der Waals surface area (Å²) >= 11 is 0. The smallest absolute Gasteiger partial charge is 0.131 e. The standard InChI is InChI=1S/C23H32N2/c1-17-13-20(24(6)7)14-18(2)21(17)25-16-23(5,15-22(25,3)4)19-11-9-8-10-12-19/h8-14H,15-16H2,1-7H3/p+1. The van der Waals surface area contributed by atoms with Gasteiger partial charge in [0.05, 0.1) is 14.1 Å². The molecule has 134 valence electrons. The van der Waals surface area contributed by atoms with Crippen LogP contribution >= 0.6 is 0 Å². The van der Waals surface area contributed by atoms with Crippen molar-refractivity contribution in [2.45, 2.75) is 52.0 Å². The first-order valence-corrected chi connectivity index (χ1v) is 9.39. The molecule has 1 unspecified atom stereocenters. The first-order chi connectivity index (χ1) is 11.6. The lowest BCUT2D eigenvalue weighted by atomic mass is 9.78. The number of aryl methyl sites for hydroxylation is 2. The quantitative estimate of drug-likeness (QED) is 0.889. The van der Waals surface area contributed by atoms with Crippen LogP contribution in [-0.4, -0.2) is 26.2 Å². The van der Waals surface area contributed by atoms with Crippen molar-refractivity contribution >= 4 is 11.4 Å². The molecule has 1 aliphatic rings. The number of nitrogens with one attached hydrogen (secondary N) is 1. The van der Waals surface area contributed by atoms with E-state index in [1.54, 1.807) is 0 Å². The number of benzene rings is 2. The normalized spacial score (nSPS) is 22.6. The molecule has 3 rings (SSSR count). The number of hydrogen-bond acceptors (Lipinski definition) is 1. The maximum atomic E-state index is 2.65. The van der Waals surface area contributed by atoms with E-state index in [-0.39, 0.29) is 11.0 Å². The van der Waals surface area contributed by atoms with E-state index in [9.17, 15) is 0 Å². The molecule has 2 aromatic carbocycles. The third kappa shape index (κ3) is 3.20. The Morgan fingerprint density at radius 2 is 1.48 bits per heavy atom. The van der Waals surface area contributed by atoms with Crippen molar-refractivity contribution in [2.24, 2.45) is 0 Å². The third-order valence-corrected chi connectivity index (χ3v) is 5.87. The number of hydrogen-bond donors (Lipinski definition) is 1. The van der Waals surface area contributed by atoms with E-state index in [0.29, 0.717) is 0 Å². The second-order valence-corrected chi connectivity index (χ2v) is 8.96. The second-order valence-electron chi connectivity index (χ2n) is 8.96. The van der Waals surface area contributed by atoms with Gasteiger partial charge in [0.15, 0.2) is 0 Å². The summed E-state index contributed by atoms with van der Waals surface area (Å²) in [5, 5.41) is 0. The van der Waals surface area contributed by atoms with Crippen LogP contribution in [-0.2, 0) is 5.41 Å². The van der Waals surface area contributed by atoms with Crippen LogP contribution in [0.1, 0.15) is 43.9 Å². The summed E-state index contributed by atoms with van der Waals surface area (Å²) in [6, 6.07) is 15.7. The maximum Gasteiger partial charge on any atom is 0.131 e. The Labute approximate surface area is 153 Å². The van der Waals surface area contributed by atoms with E-state index < -0.39 is 0 Å². The van der Waals surface area contributed by atoms with Crippen LogP contribution in [0.4, 0.5) is 11.4 Å². The van der Waals surface area contributed by atoms with Gasteiger partial charge in [0, 0.05) is 35.3 Å². The van der Waals surface area contributed by atoms with Gasteiger partial charge in [0.25, 0.3) is 0 Å². The van der Waals surface area contributed by atoms with Crippen molar-refractivity contribution in [3.8, 4) is 0 Å². The minimum Gasteiger partial charge on any atom is -0.365 e. The van der Waals surface area contributed by atoms with Gasteiger partial charge < -0.3 is 9.80 Å². The first-order valence-electron chi connectivity index (χ1n) is 9.39. The monoisotopic (exact) mass is 337 g/mol. The molecular weight excluding hydrogens is 304 g/mol. The summed E-state index contributed by atoms with van der Waals surface area (Å²) in [6.45, 7) is 12.8. The Morgan fingerprint density at radius 3 is 2.00 bits per heavy atom. The summed E-state index contributed by atoms with van der Waals surface area (Å²) in [4.78, 5) is 4.03. The zero-order valence-corrected chi connectivity index (χ0v) is 16.9. The van der Waals surface area contributed by atoms with E-state index in [4.69, 9.17) is 0 Å². The van der Waals surface area contributed by atoms with E-state index >= 15 is 0 Å². The molecule has 0 saturated carbocycles. The molecule has 2 nitrogen and oxygen atoms in total. The van der Waals surface area contributed by atoms with E-state index in [1.807, 2.05) is 0 Å². The number of quaternary nitrogens is 1. The van der Waals surface area contributed by atoms with Gasteiger partial charge in [-0.2, -0.15) is 0 Å². The molecule has 1 fully saturated rings. The van der Waals surface area contributed by atoms with Gasteiger partial charge in [-0.3, -0.25) is 0 Å². The van der Waals surface area contributed by atoms with Crippen molar-refractivity contribution in [1.29, 1.82) is 0 Å². The zero-order valence-electron chi connectivity index (χ0n) is 16.9. The Bertz CT molecular complexity index is 738. The minimum absolute atomic E-state index is 0.145. The van der Waals surface area contributed by atoms with E-state index in [0.717, 1.165) is 6.54 Å². The largest absolute Gasteiger partial charge is 0.365 e. The average Bonchev–Trinajstić information content (AvgIpc) is 2.78. The highest BCUT2D eigenvalue weighted by atomic mass is 15.2. The number of nitrogens with zero attached hydrogens (tertiary/aromatic N) is 1. The maximum absolute atomic E-state index is 2.65. The molecule has 0 amide bonds. The fourth-order valence-corrected chi connectivity index (χ4v) is 4.76. The molecule has 1 atom stereocenters. The third-order valence-electron chi connectivity index (χ3n) is 5.87. The molecule has 1 heterocycles. The van der Waals surface area contributed by atoms with E-state index in [2.05, 4.69) is 96.1 Å². The van der Waals surface area contributed by atoms with Gasteiger partial charge in [-0.1, -0.05) is 37.3 Å². The van der Waals surface area contributed by atoms with Crippen molar-refractivity contribution in [1.82, 2.24) is 0 Å². The first kappa shape index (κ1) is 18.0. The fraction of sp³-hybridized carbons (Fsp3) is 0.478. The Kier molecular flexibility index (Phi) is 4.45. The lowest BCUT2D eigenvalue weighted by Crippen LogP contribution is -3.00. The molecule has 25 heavy (non-hydrogen) atoms. The summed E-state index contributed by atoms with van der Waals surface area (Å²) in [5.74, 6) is 0. The minimum atomic E-state index is 0.145. The van der Waals surface area contributed by atoms with E-state index in [1.165, 1.54) is 39.4 Å². The molecule has 0 spiro atoms. The summed E-state index contributed by atoms with van der Waals surface area (Å²) in [5.41, 5.74) is 7.36. The highest BCUT2D eigenvalue weighted by molar-refractivity contribution is 5.65. The zero-order chi connectivity index (χ0) is 18.4. The predicted octanol–water partition coefficient (Wildman–Crippen LogP) is 4.03. The fourth-order valence-electron chi connectivity index (χ4n) is 4.76. The Balaban J connectivity index is 2.04. The summed E-state index contributed by atoms with van der Waals surface area (Å²) < 4.78 is 0. The van der Waals surface area contributed by atoms with Gasteiger partial charge in [0.2, 0.25) is 0 Å². The van der Waals surface area contributed by atoms with Crippen LogP contribution in [0, 0.1) is 13.8 Å². The molecule has 2 aromatic rings. The molecule has 1 N–H and O–H groups in total. The van der Waals surface area contributed by atoms with Gasteiger partial charge in [-0.15, -0.1) is 0 Å². The molecule has 0 aliphatic carbocycles. The van der Waals surface area contributed by atoms with Crippen molar-refractivity contribution in [3.05, 3.63) is 59.2 Å². The van der Waals surface area contributed by atoms with Crippen LogP contribution in [0.3, 0.4) is 0 Å². The van der Waals surface area contributed by atoms with Crippen molar-refractivity contribution in [2.75, 3.05) is 25.5 Å². The highest BCUT2D eigenvalue weighted by Crippen LogP contribution is 2.47. The Morgan fingerprint density at radius 1 is 0.920 bits per heavy atom. The number of rotatable bonds is 3. The van der Waals surface area contributed by atoms with Crippen LogP contribution in [0.5, 0.6) is 0 Å². The van der Waals surface area contributed by atoms with Crippen molar-refractivity contribution < 1.29 is 4.90 Å². The molecular formula is C23H33N2+. The molecule has 1 aliphatic heterocycles. The highest BCUT2D eigenvalue weighted by Gasteiger charge is 2.47. The van der Waals surface area contributed by atoms with Crippen LogP contribution in [0.2, 0.25) is 0 Å². The van der Waals surface area contributed by atoms with Gasteiger partial charge in [-0.05, 0) is 50.8 Å².